The highest BCUT2D eigenvalue weighted by Crippen LogP contribution is 2.34. The lowest BCUT2D eigenvalue weighted by molar-refractivity contribution is 0.0322. The average Bonchev–Trinajstić information content (AvgIpc) is 3.06. The van der Waals surface area contributed by atoms with Gasteiger partial charge in [0.05, 0.1) is 23.9 Å². The summed E-state index contributed by atoms with van der Waals surface area (Å²) in [4.78, 5) is 8.62. The number of thiazole rings is 1. The molecule has 0 saturated carbocycles. The summed E-state index contributed by atoms with van der Waals surface area (Å²) in [6.07, 6.45) is 2.30. The van der Waals surface area contributed by atoms with Crippen molar-refractivity contribution in [2.45, 2.75) is 39.5 Å². The molecular formula is C21H30N2O2S. The zero-order valence-corrected chi connectivity index (χ0v) is 17.0. The molecule has 0 radical (unpaired) electrons. The second-order valence-corrected chi connectivity index (χ2v) is 8.03. The molecule has 1 aromatic carbocycles. The van der Waals surface area contributed by atoms with Gasteiger partial charge in [-0.3, -0.25) is 4.90 Å². The molecule has 1 aliphatic heterocycles. The van der Waals surface area contributed by atoms with Crippen LogP contribution in [0.5, 0.6) is 5.75 Å². The summed E-state index contributed by atoms with van der Waals surface area (Å²) < 4.78 is 11.3. The number of benzene rings is 1. The van der Waals surface area contributed by atoms with Gasteiger partial charge in [-0.2, -0.15) is 0 Å². The highest BCUT2D eigenvalue weighted by atomic mass is 32.1. The maximum Gasteiger partial charge on any atom is 0.119 e. The zero-order chi connectivity index (χ0) is 18.4. The molecule has 0 bridgehead atoms. The van der Waals surface area contributed by atoms with E-state index in [9.17, 15) is 0 Å². The van der Waals surface area contributed by atoms with Crippen molar-refractivity contribution in [3.63, 3.8) is 0 Å². The summed E-state index contributed by atoms with van der Waals surface area (Å²) in [5.74, 6) is 1.50. The van der Waals surface area contributed by atoms with Crippen LogP contribution >= 0.6 is 11.3 Å². The van der Waals surface area contributed by atoms with Gasteiger partial charge in [-0.05, 0) is 44.0 Å². The Morgan fingerprint density at radius 2 is 1.85 bits per heavy atom. The largest absolute Gasteiger partial charge is 0.492 e. The number of morpholine rings is 1. The number of rotatable bonds is 8. The van der Waals surface area contributed by atoms with Gasteiger partial charge < -0.3 is 9.47 Å². The van der Waals surface area contributed by atoms with Crippen LogP contribution in [0.15, 0.2) is 24.3 Å². The Morgan fingerprint density at radius 1 is 1.15 bits per heavy atom. The molecule has 1 saturated heterocycles. The van der Waals surface area contributed by atoms with Gasteiger partial charge >= 0.3 is 0 Å². The first kappa shape index (κ1) is 19.3. The van der Waals surface area contributed by atoms with Crippen molar-refractivity contribution in [3.8, 4) is 17.0 Å². The number of ether oxygens (including phenoxy) is 2. The van der Waals surface area contributed by atoms with Gasteiger partial charge in [0.2, 0.25) is 0 Å². The van der Waals surface area contributed by atoms with Crippen molar-refractivity contribution in [2.75, 3.05) is 39.5 Å². The van der Waals surface area contributed by atoms with E-state index in [0.717, 1.165) is 57.1 Å². The van der Waals surface area contributed by atoms with Crippen LogP contribution in [0.4, 0.5) is 0 Å². The number of hydrogen-bond donors (Lipinski definition) is 0. The molecule has 26 heavy (non-hydrogen) atoms. The quantitative estimate of drug-likeness (QED) is 0.669. The highest BCUT2D eigenvalue weighted by molar-refractivity contribution is 7.12. The first-order valence-corrected chi connectivity index (χ1v) is 10.5. The molecule has 2 aromatic rings. The minimum atomic E-state index is 0.579. The third kappa shape index (κ3) is 4.84. The van der Waals surface area contributed by atoms with Crippen LogP contribution < -0.4 is 4.74 Å². The molecule has 1 fully saturated rings. The monoisotopic (exact) mass is 374 g/mol. The Kier molecular flexibility index (Phi) is 7.06. The lowest BCUT2D eigenvalue weighted by Crippen LogP contribution is -2.38. The van der Waals surface area contributed by atoms with E-state index < -0.39 is 0 Å². The molecule has 3 rings (SSSR count). The first-order valence-electron chi connectivity index (χ1n) is 9.72. The SMILES string of the molecule is CCC(CC)c1nc(-c2ccc(OCCN3CCOCC3)cc2)c(C)s1. The molecule has 0 amide bonds. The van der Waals surface area contributed by atoms with Gasteiger partial charge in [0.1, 0.15) is 12.4 Å². The normalized spacial score (nSPS) is 15.5. The van der Waals surface area contributed by atoms with Gasteiger partial charge in [-0.1, -0.05) is 13.8 Å². The molecule has 1 aliphatic rings. The molecule has 1 aromatic heterocycles. The second kappa shape index (κ2) is 9.49. The summed E-state index contributed by atoms with van der Waals surface area (Å²) in [6.45, 7) is 12.0. The fourth-order valence-corrected chi connectivity index (χ4v) is 4.53. The topological polar surface area (TPSA) is 34.6 Å². The van der Waals surface area contributed by atoms with Gasteiger partial charge in [-0.15, -0.1) is 11.3 Å². The Morgan fingerprint density at radius 3 is 2.50 bits per heavy atom. The van der Waals surface area contributed by atoms with Crippen molar-refractivity contribution >= 4 is 11.3 Å². The fourth-order valence-electron chi connectivity index (χ4n) is 3.32. The van der Waals surface area contributed by atoms with Gasteiger partial charge in [0.15, 0.2) is 0 Å². The highest BCUT2D eigenvalue weighted by Gasteiger charge is 2.16. The Bertz CT molecular complexity index is 674. The maximum atomic E-state index is 5.91. The van der Waals surface area contributed by atoms with Crippen molar-refractivity contribution in [2.24, 2.45) is 0 Å². The first-order chi connectivity index (χ1) is 12.7. The average molecular weight is 375 g/mol. The van der Waals surface area contributed by atoms with Crippen molar-refractivity contribution in [1.82, 2.24) is 9.88 Å². The third-order valence-corrected chi connectivity index (χ3v) is 6.19. The van der Waals surface area contributed by atoms with Crippen molar-refractivity contribution < 1.29 is 9.47 Å². The fraction of sp³-hybridized carbons (Fsp3) is 0.571. The van der Waals surface area contributed by atoms with Crippen LogP contribution in [0.1, 0.15) is 42.5 Å². The Hall–Kier alpha value is -1.43. The third-order valence-electron chi connectivity index (χ3n) is 5.06. The summed E-state index contributed by atoms with van der Waals surface area (Å²) in [6, 6.07) is 8.38. The Balaban J connectivity index is 1.58. The van der Waals surface area contributed by atoms with E-state index in [1.54, 1.807) is 0 Å². The van der Waals surface area contributed by atoms with Crippen LogP contribution in [0.25, 0.3) is 11.3 Å². The van der Waals surface area contributed by atoms with Crippen molar-refractivity contribution in [1.29, 1.82) is 0 Å². The van der Waals surface area contributed by atoms with Crippen LogP contribution in [0.2, 0.25) is 0 Å². The van der Waals surface area contributed by atoms with Crippen LogP contribution in [0.3, 0.4) is 0 Å². The van der Waals surface area contributed by atoms with E-state index in [1.807, 2.05) is 11.3 Å². The van der Waals surface area contributed by atoms with E-state index in [4.69, 9.17) is 14.5 Å². The number of aryl methyl sites for hydroxylation is 1. The van der Waals surface area contributed by atoms with Crippen LogP contribution in [-0.4, -0.2) is 49.3 Å². The smallest absolute Gasteiger partial charge is 0.119 e. The molecule has 0 unspecified atom stereocenters. The molecule has 0 spiro atoms. The predicted octanol–water partition coefficient (Wildman–Crippen LogP) is 4.73. The molecule has 2 heterocycles. The zero-order valence-electron chi connectivity index (χ0n) is 16.2. The predicted molar refractivity (Wildman–Crippen MR) is 108 cm³/mol. The minimum Gasteiger partial charge on any atom is -0.492 e. The molecular weight excluding hydrogens is 344 g/mol. The summed E-state index contributed by atoms with van der Waals surface area (Å²) in [5, 5.41) is 1.27. The number of nitrogens with zero attached hydrogens (tertiary/aromatic N) is 2. The molecule has 142 valence electrons. The van der Waals surface area contributed by atoms with Gasteiger partial charge in [0.25, 0.3) is 0 Å². The van der Waals surface area contributed by atoms with E-state index in [1.165, 1.54) is 15.4 Å². The summed E-state index contributed by atoms with van der Waals surface area (Å²) in [7, 11) is 0. The molecule has 5 heteroatoms. The molecule has 4 nitrogen and oxygen atoms in total. The van der Waals surface area contributed by atoms with Gasteiger partial charge in [-0.25, -0.2) is 4.98 Å². The Labute approximate surface area is 161 Å². The maximum absolute atomic E-state index is 5.91. The van der Waals surface area contributed by atoms with Gasteiger partial charge in [0, 0.05) is 36.0 Å². The molecule has 0 atom stereocenters. The van der Waals surface area contributed by atoms with E-state index >= 15 is 0 Å². The standard InChI is InChI=1S/C21H30N2O2S/c1-4-17(5-2)21-22-20(16(3)26-21)18-6-8-19(9-7-18)25-15-12-23-10-13-24-14-11-23/h6-9,17H,4-5,10-15H2,1-3H3. The molecule has 0 N–H and O–H groups in total. The second-order valence-electron chi connectivity index (χ2n) is 6.80. The van der Waals surface area contributed by atoms with Crippen molar-refractivity contribution in [3.05, 3.63) is 34.2 Å². The number of hydrogen-bond acceptors (Lipinski definition) is 5. The van der Waals surface area contributed by atoms with E-state index in [2.05, 4.69) is 49.9 Å². The van der Waals surface area contributed by atoms with Crippen LogP contribution in [0, 0.1) is 6.92 Å². The molecule has 0 aliphatic carbocycles. The van der Waals surface area contributed by atoms with E-state index in [0.29, 0.717) is 12.5 Å². The minimum absolute atomic E-state index is 0.579. The number of aromatic nitrogens is 1. The lowest BCUT2D eigenvalue weighted by Gasteiger charge is -2.26. The van der Waals surface area contributed by atoms with Crippen LogP contribution in [-0.2, 0) is 4.74 Å². The summed E-state index contributed by atoms with van der Waals surface area (Å²) in [5.41, 5.74) is 2.30. The summed E-state index contributed by atoms with van der Waals surface area (Å²) >= 11 is 1.84. The lowest BCUT2D eigenvalue weighted by atomic mass is 10.0. The van der Waals surface area contributed by atoms with E-state index in [-0.39, 0.29) is 0 Å².